The minimum atomic E-state index is -3.44. The molecule has 0 atom stereocenters. The third-order valence-electron chi connectivity index (χ3n) is 5.26. The van der Waals surface area contributed by atoms with Gasteiger partial charge in [0.15, 0.2) is 15.7 Å². The van der Waals surface area contributed by atoms with Crippen LogP contribution in [-0.2, 0) is 9.84 Å². The number of halogens is 1. The Morgan fingerprint density at radius 1 is 1.13 bits per heavy atom. The highest BCUT2D eigenvalue weighted by molar-refractivity contribution is 7.90. The van der Waals surface area contributed by atoms with Crippen molar-refractivity contribution in [2.75, 3.05) is 23.9 Å². The summed E-state index contributed by atoms with van der Waals surface area (Å²) in [6.45, 7) is 3.62. The van der Waals surface area contributed by atoms with Gasteiger partial charge in [0.2, 0.25) is 5.95 Å². The molecular weight excluding hydrogens is 419 g/mol. The molecule has 0 spiro atoms. The zero-order chi connectivity index (χ0) is 22.5. The van der Waals surface area contributed by atoms with E-state index in [1.165, 1.54) is 18.4 Å². The van der Waals surface area contributed by atoms with Crippen LogP contribution in [0.4, 0.5) is 22.0 Å². The van der Waals surface area contributed by atoms with E-state index in [1.54, 1.807) is 37.2 Å². The first kappa shape index (κ1) is 20.7. The van der Waals surface area contributed by atoms with Crippen molar-refractivity contribution in [1.82, 2.24) is 20.2 Å². The zero-order valence-electron chi connectivity index (χ0n) is 17.4. The van der Waals surface area contributed by atoms with Crippen molar-refractivity contribution in [2.24, 2.45) is 0 Å². The Morgan fingerprint density at radius 2 is 1.87 bits per heavy atom. The molecule has 0 fully saturated rings. The van der Waals surface area contributed by atoms with Gasteiger partial charge in [-0.3, -0.25) is 5.10 Å². The van der Waals surface area contributed by atoms with Gasteiger partial charge in [0.05, 0.1) is 10.4 Å². The molecule has 0 aliphatic carbocycles. The number of nitrogen functional groups attached to an aromatic ring is 1. The molecule has 0 bridgehead atoms. The molecule has 0 radical (unpaired) electrons. The zero-order valence-corrected chi connectivity index (χ0v) is 18.2. The summed E-state index contributed by atoms with van der Waals surface area (Å²) >= 11 is 0. The highest BCUT2D eigenvalue weighted by Gasteiger charge is 2.21. The maximum atomic E-state index is 13.8. The molecule has 0 amide bonds. The summed E-state index contributed by atoms with van der Waals surface area (Å²) in [6, 6.07) is 7.81. The lowest BCUT2D eigenvalue weighted by Crippen LogP contribution is -2.15. The Labute approximate surface area is 178 Å². The first-order chi connectivity index (χ1) is 14.6. The number of rotatable bonds is 4. The minimum absolute atomic E-state index is 0.0452. The predicted molar refractivity (Wildman–Crippen MR) is 119 cm³/mol. The summed E-state index contributed by atoms with van der Waals surface area (Å²) in [5.41, 5.74) is 9.21. The van der Waals surface area contributed by atoms with Gasteiger partial charge >= 0.3 is 0 Å². The summed E-state index contributed by atoms with van der Waals surface area (Å²) in [5, 5.41) is 7.75. The molecule has 2 heterocycles. The second kappa shape index (κ2) is 7.31. The SMILES string of the molecule is Cc1cc(-c2cnc(N)nc2N(C)c2n[nH]c3ccc(F)cc23)cc(S(C)(=O)=O)c1C. The number of aromatic amines is 1. The van der Waals surface area contributed by atoms with Crippen LogP contribution in [0.15, 0.2) is 41.4 Å². The molecule has 31 heavy (non-hydrogen) atoms. The van der Waals surface area contributed by atoms with Crippen LogP contribution < -0.4 is 10.6 Å². The molecular formula is C21H21FN6O2S. The van der Waals surface area contributed by atoms with Gasteiger partial charge in [-0.1, -0.05) is 6.07 Å². The van der Waals surface area contributed by atoms with Crippen LogP contribution in [0.25, 0.3) is 22.0 Å². The number of fused-ring (bicyclic) bond motifs is 1. The van der Waals surface area contributed by atoms with E-state index in [0.717, 1.165) is 5.56 Å². The number of H-pyrrole nitrogens is 1. The Bertz CT molecular complexity index is 1430. The van der Waals surface area contributed by atoms with Crippen LogP contribution in [-0.4, -0.2) is 41.9 Å². The third kappa shape index (κ3) is 3.70. The molecule has 0 aliphatic heterocycles. The van der Waals surface area contributed by atoms with Crippen molar-refractivity contribution in [3.05, 3.63) is 53.5 Å². The topological polar surface area (TPSA) is 118 Å². The first-order valence-electron chi connectivity index (χ1n) is 9.38. The molecule has 4 aromatic rings. The van der Waals surface area contributed by atoms with E-state index in [4.69, 9.17) is 5.73 Å². The van der Waals surface area contributed by atoms with E-state index in [9.17, 15) is 12.8 Å². The minimum Gasteiger partial charge on any atom is -0.368 e. The van der Waals surface area contributed by atoms with Crippen LogP contribution in [0.1, 0.15) is 11.1 Å². The van der Waals surface area contributed by atoms with Gasteiger partial charge in [-0.2, -0.15) is 10.1 Å². The maximum absolute atomic E-state index is 13.8. The lowest BCUT2D eigenvalue weighted by molar-refractivity contribution is 0.601. The number of benzene rings is 2. The van der Waals surface area contributed by atoms with Crippen LogP contribution >= 0.6 is 0 Å². The number of nitrogens with two attached hydrogens (primary N) is 1. The second-order valence-electron chi connectivity index (χ2n) is 7.45. The van der Waals surface area contributed by atoms with Crippen LogP contribution in [0.3, 0.4) is 0 Å². The number of hydrogen-bond donors (Lipinski definition) is 2. The molecule has 2 aromatic heterocycles. The van der Waals surface area contributed by atoms with Crippen molar-refractivity contribution < 1.29 is 12.8 Å². The fourth-order valence-electron chi connectivity index (χ4n) is 3.54. The van der Waals surface area contributed by atoms with E-state index in [0.29, 0.717) is 39.2 Å². The summed E-state index contributed by atoms with van der Waals surface area (Å²) in [6.07, 6.45) is 2.72. The largest absolute Gasteiger partial charge is 0.368 e. The van der Waals surface area contributed by atoms with Gasteiger partial charge in [-0.15, -0.1) is 0 Å². The molecule has 3 N–H and O–H groups in total. The Kier molecular flexibility index (Phi) is 4.89. The standard InChI is InChI=1S/C21H21FN6O2S/c1-11-7-13(8-18(12(11)2)31(4,29)30)16-10-24-21(23)25-19(16)28(3)20-15-9-14(22)5-6-17(15)26-27-20/h5-10H,1-4H3,(H,26,27)(H2,23,24,25). The first-order valence-corrected chi connectivity index (χ1v) is 11.3. The number of nitrogens with one attached hydrogen (secondary N) is 1. The van der Waals surface area contributed by atoms with E-state index in [-0.39, 0.29) is 10.8 Å². The maximum Gasteiger partial charge on any atom is 0.221 e. The number of anilines is 3. The third-order valence-corrected chi connectivity index (χ3v) is 6.48. The number of aryl methyl sites for hydroxylation is 1. The average Bonchev–Trinajstić information content (AvgIpc) is 3.11. The predicted octanol–water partition coefficient (Wildman–Crippen LogP) is 3.53. The van der Waals surface area contributed by atoms with Crippen molar-refractivity contribution in [1.29, 1.82) is 0 Å². The Morgan fingerprint density at radius 3 is 2.58 bits per heavy atom. The smallest absolute Gasteiger partial charge is 0.221 e. The fraction of sp³-hybridized carbons (Fsp3) is 0.190. The van der Waals surface area contributed by atoms with Crippen molar-refractivity contribution in [3.8, 4) is 11.1 Å². The molecule has 0 saturated carbocycles. The molecule has 0 unspecified atom stereocenters. The fourth-order valence-corrected chi connectivity index (χ4v) is 4.60. The van der Waals surface area contributed by atoms with Gasteiger partial charge in [0, 0.05) is 30.4 Å². The number of hydrogen-bond acceptors (Lipinski definition) is 7. The summed E-state index contributed by atoms with van der Waals surface area (Å²) in [4.78, 5) is 10.4. The van der Waals surface area contributed by atoms with Crippen LogP contribution in [0.2, 0.25) is 0 Å². The van der Waals surface area contributed by atoms with Crippen LogP contribution in [0.5, 0.6) is 0 Å². The number of nitrogens with zero attached hydrogens (tertiary/aromatic N) is 4. The van der Waals surface area contributed by atoms with E-state index >= 15 is 0 Å². The van der Waals surface area contributed by atoms with Gasteiger partial charge in [-0.25, -0.2) is 17.8 Å². The normalized spacial score (nSPS) is 11.8. The Balaban J connectivity index is 1.93. The molecule has 8 nitrogen and oxygen atoms in total. The summed E-state index contributed by atoms with van der Waals surface area (Å²) < 4.78 is 38.5. The van der Waals surface area contributed by atoms with E-state index < -0.39 is 15.7 Å². The highest BCUT2D eigenvalue weighted by Crippen LogP contribution is 2.36. The van der Waals surface area contributed by atoms with Crippen molar-refractivity contribution in [2.45, 2.75) is 18.7 Å². The molecule has 0 aliphatic rings. The van der Waals surface area contributed by atoms with E-state index in [2.05, 4.69) is 20.2 Å². The molecule has 0 saturated heterocycles. The van der Waals surface area contributed by atoms with Gasteiger partial charge in [0.25, 0.3) is 0 Å². The lowest BCUT2D eigenvalue weighted by atomic mass is 10.0. The second-order valence-corrected chi connectivity index (χ2v) is 9.43. The number of sulfone groups is 1. The number of aromatic nitrogens is 4. The van der Waals surface area contributed by atoms with Crippen molar-refractivity contribution >= 4 is 38.3 Å². The Hall–Kier alpha value is -3.53. The lowest BCUT2D eigenvalue weighted by Gasteiger charge is -2.20. The molecule has 2 aromatic carbocycles. The van der Waals surface area contributed by atoms with E-state index in [1.807, 2.05) is 13.0 Å². The monoisotopic (exact) mass is 440 g/mol. The van der Waals surface area contributed by atoms with Gasteiger partial charge < -0.3 is 10.6 Å². The molecule has 10 heteroatoms. The molecule has 4 rings (SSSR count). The summed E-state index contributed by atoms with van der Waals surface area (Å²) in [7, 11) is -1.72. The van der Waals surface area contributed by atoms with Crippen LogP contribution in [0, 0.1) is 19.7 Å². The van der Waals surface area contributed by atoms with Gasteiger partial charge in [-0.05, 0) is 54.8 Å². The molecule has 160 valence electrons. The quantitative estimate of drug-likeness (QED) is 0.498. The summed E-state index contributed by atoms with van der Waals surface area (Å²) in [5.74, 6) is 0.510. The average molecular weight is 441 g/mol. The van der Waals surface area contributed by atoms with Crippen molar-refractivity contribution in [3.63, 3.8) is 0 Å². The highest BCUT2D eigenvalue weighted by atomic mass is 32.2. The van der Waals surface area contributed by atoms with Gasteiger partial charge in [0.1, 0.15) is 11.6 Å².